The summed E-state index contributed by atoms with van der Waals surface area (Å²) in [6.45, 7) is 1.44. The van der Waals surface area contributed by atoms with Crippen molar-refractivity contribution in [3.8, 4) is 28.7 Å². The number of methoxy groups -OCH3 is 5. The molecule has 7 nitrogen and oxygen atoms in total. The molecule has 2 aromatic rings. The van der Waals surface area contributed by atoms with Gasteiger partial charge in [-0.15, -0.1) is 0 Å². The summed E-state index contributed by atoms with van der Waals surface area (Å²) in [5.41, 5.74) is 1.19. The van der Waals surface area contributed by atoms with E-state index in [2.05, 4.69) is 0 Å². The van der Waals surface area contributed by atoms with Gasteiger partial charge in [0.15, 0.2) is 11.5 Å². The van der Waals surface area contributed by atoms with Gasteiger partial charge < -0.3 is 33.9 Å². The quantitative estimate of drug-likeness (QED) is 0.741. The summed E-state index contributed by atoms with van der Waals surface area (Å²) in [6, 6.07) is 1.69. The second-order valence-electron chi connectivity index (χ2n) is 5.81. The van der Waals surface area contributed by atoms with Gasteiger partial charge in [-0.1, -0.05) is 0 Å². The molecule has 0 heterocycles. The van der Waals surface area contributed by atoms with Crippen molar-refractivity contribution in [2.24, 2.45) is 0 Å². The summed E-state index contributed by atoms with van der Waals surface area (Å²) in [5.74, 6) is 2.31. The van der Waals surface area contributed by atoms with E-state index in [0.29, 0.717) is 50.6 Å². The molecule has 144 valence electrons. The maximum atomic E-state index is 9.96. The van der Waals surface area contributed by atoms with Crippen molar-refractivity contribution in [2.75, 3.05) is 35.5 Å². The molecule has 0 saturated heterocycles. The third-order valence-corrected chi connectivity index (χ3v) is 4.24. The van der Waals surface area contributed by atoms with Gasteiger partial charge in [0.1, 0.15) is 17.2 Å². The van der Waals surface area contributed by atoms with Crippen LogP contribution in [0.15, 0.2) is 6.07 Å². The summed E-state index contributed by atoms with van der Waals surface area (Å²) < 4.78 is 28.0. The van der Waals surface area contributed by atoms with Gasteiger partial charge in [-0.3, -0.25) is 0 Å². The lowest BCUT2D eigenvalue weighted by Crippen LogP contribution is -2.10. The summed E-state index contributed by atoms with van der Waals surface area (Å²) in [6.07, 6.45) is -0.345. The molecule has 1 atom stereocenters. The number of fused-ring (bicyclic) bond motifs is 1. The first kappa shape index (κ1) is 19.9. The summed E-state index contributed by atoms with van der Waals surface area (Å²) in [5, 5.41) is 20.9. The minimum Gasteiger partial charge on any atom is -0.496 e. The van der Waals surface area contributed by atoms with Crippen LogP contribution in [0.4, 0.5) is 0 Å². The average molecular weight is 366 g/mol. The zero-order valence-corrected chi connectivity index (χ0v) is 16.0. The molecule has 2 N–H and O–H groups in total. The first-order chi connectivity index (χ1) is 12.5. The molecule has 0 aromatic heterocycles. The van der Waals surface area contributed by atoms with Crippen molar-refractivity contribution in [3.63, 3.8) is 0 Å². The second-order valence-corrected chi connectivity index (χ2v) is 5.81. The van der Waals surface area contributed by atoms with Crippen LogP contribution in [-0.4, -0.2) is 51.9 Å². The number of aliphatic hydroxyl groups is 2. The van der Waals surface area contributed by atoms with Crippen LogP contribution in [0.1, 0.15) is 18.1 Å². The predicted octanol–water partition coefficient (Wildman–Crippen LogP) is 2.30. The Balaban J connectivity index is 3.15. The second kappa shape index (κ2) is 8.33. The van der Waals surface area contributed by atoms with Crippen molar-refractivity contribution in [1.29, 1.82) is 0 Å². The van der Waals surface area contributed by atoms with E-state index in [1.165, 1.54) is 35.5 Å². The van der Waals surface area contributed by atoms with E-state index in [0.717, 1.165) is 0 Å². The topological polar surface area (TPSA) is 86.6 Å². The van der Waals surface area contributed by atoms with Crippen LogP contribution in [0, 0.1) is 0 Å². The summed E-state index contributed by atoms with van der Waals surface area (Å²) in [4.78, 5) is 0. The Bertz CT molecular complexity index is 784. The Labute approximate surface area is 153 Å². The van der Waals surface area contributed by atoms with E-state index < -0.39 is 6.10 Å². The average Bonchev–Trinajstić information content (AvgIpc) is 2.64. The Kier molecular flexibility index (Phi) is 6.39. The lowest BCUT2D eigenvalue weighted by Gasteiger charge is -2.24. The van der Waals surface area contributed by atoms with Crippen LogP contribution < -0.4 is 23.7 Å². The van der Waals surface area contributed by atoms with Crippen LogP contribution in [0.3, 0.4) is 0 Å². The van der Waals surface area contributed by atoms with Crippen LogP contribution in [0.25, 0.3) is 10.8 Å². The van der Waals surface area contributed by atoms with E-state index in [1.807, 2.05) is 0 Å². The lowest BCUT2D eigenvalue weighted by molar-refractivity contribution is 0.192. The van der Waals surface area contributed by atoms with Crippen molar-refractivity contribution in [3.05, 3.63) is 17.2 Å². The molecular weight excluding hydrogens is 340 g/mol. The number of rotatable bonds is 8. The molecule has 26 heavy (non-hydrogen) atoms. The van der Waals surface area contributed by atoms with Gasteiger partial charge in [-0.2, -0.15) is 0 Å². The Morgan fingerprint density at radius 2 is 1.38 bits per heavy atom. The lowest BCUT2D eigenvalue weighted by atomic mass is 9.95. The van der Waals surface area contributed by atoms with Gasteiger partial charge in [-0.05, 0) is 13.0 Å². The highest BCUT2D eigenvalue weighted by molar-refractivity contribution is 6.05. The van der Waals surface area contributed by atoms with E-state index in [-0.39, 0.29) is 13.0 Å². The Morgan fingerprint density at radius 3 is 1.81 bits per heavy atom. The molecule has 0 bridgehead atoms. The number of aliphatic hydroxyl groups excluding tert-OH is 2. The van der Waals surface area contributed by atoms with Crippen LogP contribution in [0.5, 0.6) is 28.7 Å². The van der Waals surface area contributed by atoms with Crippen molar-refractivity contribution < 1.29 is 33.9 Å². The van der Waals surface area contributed by atoms with Crippen LogP contribution >= 0.6 is 0 Å². The van der Waals surface area contributed by atoms with E-state index in [1.54, 1.807) is 13.0 Å². The summed E-state index contributed by atoms with van der Waals surface area (Å²) in [7, 11) is 7.64. The van der Waals surface area contributed by atoms with Crippen molar-refractivity contribution in [2.45, 2.75) is 26.1 Å². The first-order valence-corrected chi connectivity index (χ1v) is 8.16. The molecule has 0 spiro atoms. The fraction of sp³-hybridized carbons (Fsp3) is 0.474. The zero-order valence-electron chi connectivity index (χ0n) is 16.0. The standard InChI is InChI=1S/C19H26O7/c1-10(21)7-12-17(24-4)15-14(19(26-6)18(12)25-5)13(22-2)8-11(9-20)16(15)23-3/h8,10,20-21H,7,9H2,1-6H3. The molecule has 0 saturated carbocycles. The van der Waals surface area contributed by atoms with Gasteiger partial charge in [0, 0.05) is 17.5 Å². The van der Waals surface area contributed by atoms with E-state index in [9.17, 15) is 10.2 Å². The normalized spacial score (nSPS) is 12.0. The highest BCUT2D eigenvalue weighted by atomic mass is 16.5. The fourth-order valence-electron chi connectivity index (χ4n) is 3.27. The minimum atomic E-state index is -0.631. The van der Waals surface area contributed by atoms with Gasteiger partial charge in [0.05, 0.1) is 59.0 Å². The molecule has 0 aliphatic carbocycles. The zero-order chi connectivity index (χ0) is 19.4. The molecule has 2 rings (SSSR count). The Hall–Kier alpha value is -2.38. The van der Waals surface area contributed by atoms with Crippen molar-refractivity contribution in [1.82, 2.24) is 0 Å². The molecule has 0 amide bonds. The highest BCUT2D eigenvalue weighted by Crippen LogP contribution is 2.53. The van der Waals surface area contributed by atoms with Crippen LogP contribution in [-0.2, 0) is 13.0 Å². The van der Waals surface area contributed by atoms with Crippen LogP contribution in [0.2, 0.25) is 0 Å². The smallest absolute Gasteiger partial charge is 0.172 e. The number of hydrogen-bond donors (Lipinski definition) is 2. The maximum Gasteiger partial charge on any atom is 0.172 e. The van der Waals surface area contributed by atoms with E-state index >= 15 is 0 Å². The number of benzene rings is 2. The molecule has 1 unspecified atom stereocenters. The van der Waals surface area contributed by atoms with Gasteiger partial charge in [0.2, 0.25) is 0 Å². The van der Waals surface area contributed by atoms with Gasteiger partial charge in [0.25, 0.3) is 0 Å². The Morgan fingerprint density at radius 1 is 0.808 bits per heavy atom. The largest absolute Gasteiger partial charge is 0.496 e. The molecule has 0 aliphatic rings. The first-order valence-electron chi connectivity index (χ1n) is 8.16. The monoisotopic (exact) mass is 366 g/mol. The third-order valence-electron chi connectivity index (χ3n) is 4.24. The maximum absolute atomic E-state index is 9.96. The highest BCUT2D eigenvalue weighted by Gasteiger charge is 2.28. The molecule has 2 aromatic carbocycles. The van der Waals surface area contributed by atoms with Gasteiger partial charge >= 0.3 is 0 Å². The van der Waals surface area contributed by atoms with E-state index in [4.69, 9.17) is 23.7 Å². The number of hydrogen-bond acceptors (Lipinski definition) is 7. The predicted molar refractivity (Wildman–Crippen MR) is 98.0 cm³/mol. The minimum absolute atomic E-state index is 0.237. The molecule has 7 heteroatoms. The van der Waals surface area contributed by atoms with Gasteiger partial charge in [-0.25, -0.2) is 0 Å². The third kappa shape index (κ3) is 3.20. The van der Waals surface area contributed by atoms with Crippen molar-refractivity contribution >= 4 is 10.8 Å². The fourth-order valence-corrected chi connectivity index (χ4v) is 3.27. The number of ether oxygens (including phenoxy) is 5. The SMILES string of the molecule is COc1c(CC(C)O)c(OC)c2c(OC)c(CO)cc(OC)c2c1OC. The molecule has 0 aliphatic heterocycles. The molecular formula is C19H26O7. The molecule has 0 radical (unpaired) electrons. The molecule has 0 fully saturated rings. The summed E-state index contributed by atoms with van der Waals surface area (Å²) >= 11 is 0.